The highest BCUT2D eigenvalue weighted by Crippen LogP contribution is 2.30. The van der Waals surface area contributed by atoms with Gasteiger partial charge in [-0.3, -0.25) is 9.48 Å². The van der Waals surface area contributed by atoms with E-state index in [2.05, 4.69) is 10.4 Å². The summed E-state index contributed by atoms with van der Waals surface area (Å²) in [6.45, 7) is 1.66. The molecule has 0 aromatic carbocycles. The van der Waals surface area contributed by atoms with Gasteiger partial charge in [0.05, 0.1) is 11.9 Å². The number of hydrogen-bond donors (Lipinski definition) is 1. The summed E-state index contributed by atoms with van der Waals surface area (Å²) >= 11 is 0. The predicted molar refractivity (Wildman–Crippen MR) is 62.6 cm³/mol. The van der Waals surface area contributed by atoms with Crippen LogP contribution in [0.4, 0.5) is 5.69 Å². The van der Waals surface area contributed by atoms with Gasteiger partial charge in [0.2, 0.25) is 0 Å². The molecule has 92 valence electrons. The van der Waals surface area contributed by atoms with Crippen molar-refractivity contribution in [3.8, 4) is 0 Å². The summed E-state index contributed by atoms with van der Waals surface area (Å²) in [5.74, 6) is 0.741. The Labute approximate surface area is 100 Å². The van der Waals surface area contributed by atoms with Crippen molar-refractivity contribution in [1.82, 2.24) is 9.78 Å². The number of rotatable bonds is 4. The van der Waals surface area contributed by atoms with E-state index in [1.54, 1.807) is 6.20 Å². The topological polar surface area (TPSA) is 56.2 Å². The predicted octanol–water partition coefficient (Wildman–Crippen LogP) is 1.41. The summed E-state index contributed by atoms with van der Waals surface area (Å²) in [6, 6.07) is 0. The lowest BCUT2D eigenvalue weighted by Crippen LogP contribution is -2.26. The van der Waals surface area contributed by atoms with Gasteiger partial charge in [-0.05, 0) is 31.6 Å². The number of hydrogen-bond acceptors (Lipinski definition) is 3. The number of amides is 1. The summed E-state index contributed by atoms with van der Waals surface area (Å²) in [7, 11) is 0. The standard InChI is InChI=1S/C12H17N3O2/c16-12(11-2-1-5-17-11)14-10-6-13-15(8-10)7-9-3-4-9/h6,8-9,11H,1-5,7H2,(H,14,16). The maximum atomic E-state index is 11.8. The summed E-state index contributed by atoms with van der Waals surface area (Å²) in [6.07, 6.45) is 7.72. The lowest BCUT2D eigenvalue weighted by atomic mass is 10.2. The SMILES string of the molecule is O=C(Nc1cnn(CC2CC2)c1)C1CCCO1. The fraction of sp³-hybridized carbons (Fsp3) is 0.667. The molecule has 1 unspecified atom stereocenters. The maximum absolute atomic E-state index is 11.8. The van der Waals surface area contributed by atoms with Crippen LogP contribution in [-0.4, -0.2) is 28.4 Å². The fourth-order valence-electron chi connectivity index (χ4n) is 2.10. The van der Waals surface area contributed by atoms with Gasteiger partial charge < -0.3 is 10.1 Å². The molecular formula is C12H17N3O2. The Hall–Kier alpha value is -1.36. The Morgan fingerprint density at radius 2 is 2.41 bits per heavy atom. The van der Waals surface area contributed by atoms with Gasteiger partial charge >= 0.3 is 0 Å². The van der Waals surface area contributed by atoms with Crippen molar-refractivity contribution in [2.24, 2.45) is 5.92 Å². The van der Waals surface area contributed by atoms with E-state index < -0.39 is 0 Å². The van der Waals surface area contributed by atoms with Gasteiger partial charge in [0.25, 0.3) is 5.91 Å². The van der Waals surface area contributed by atoms with E-state index in [4.69, 9.17) is 4.74 Å². The number of ether oxygens (including phenoxy) is 1. The monoisotopic (exact) mass is 235 g/mol. The van der Waals surface area contributed by atoms with E-state index in [1.165, 1.54) is 12.8 Å². The molecule has 1 N–H and O–H groups in total. The zero-order chi connectivity index (χ0) is 11.7. The number of aromatic nitrogens is 2. The molecule has 2 fully saturated rings. The number of carbonyl (C=O) groups excluding carboxylic acids is 1. The molecule has 0 spiro atoms. The van der Waals surface area contributed by atoms with Crippen molar-refractivity contribution in [1.29, 1.82) is 0 Å². The second kappa shape index (κ2) is 4.49. The third-order valence-electron chi connectivity index (χ3n) is 3.27. The Morgan fingerprint density at radius 3 is 3.12 bits per heavy atom. The molecule has 1 saturated carbocycles. The van der Waals surface area contributed by atoms with Crippen molar-refractivity contribution in [2.75, 3.05) is 11.9 Å². The summed E-state index contributed by atoms with van der Waals surface area (Å²) in [4.78, 5) is 11.8. The second-order valence-corrected chi connectivity index (χ2v) is 4.89. The molecule has 2 heterocycles. The Morgan fingerprint density at radius 1 is 1.53 bits per heavy atom. The number of carbonyl (C=O) groups is 1. The van der Waals surface area contributed by atoms with E-state index >= 15 is 0 Å². The van der Waals surface area contributed by atoms with Gasteiger partial charge in [0.1, 0.15) is 6.10 Å². The molecule has 1 atom stereocenters. The molecule has 2 aliphatic rings. The quantitative estimate of drug-likeness (QED) is 0.858. The molecule has 1 aliphatic heterocycles. The van der Waals surface area contributed by atoms with E-state index in [9.17, 15) is 4.79 Å². The lowest BCUT2D eigenvalue weighted by Gasteiger charge is -2.08. The van der Waals surface area contributed by atoms with Gasteiger partial charge in [-0.15, -0.1) is 0 Å². The molecular weight excluding hydrogens is 218 g/mol. The number of anilines is 1. The highest BCUT2D eigenvalue weighted by molar-refractivity contribution is 5.94. The summed E-state index contributed by atoms with van der Waals surface area (Å²) < 4.78 is 7.23. The smallest absolute Gasteiger partial charge is 0.253 e. The largest absolute Gasteiger partial charge is 0.368 e. The molecule has 1 aromatic rings. The van der Waals surface area contributed by atoms with Gasteiger partial charge in [-0.1, -0.05) is 0 Å². The number of nitrogens with one attached hydrogen (secondary N) is 1. The van der Waals surface area contributed by atoms with Gasteiger partial charge in [-0.25, -0.2) is 0 Å². The molecule has 0 bridgehead atoms. The Balaban J connectivity index is 1.56. The minimum atomic E-state index is -0.276. The van der Waals surface area contributed by atoms with Gasteiger partial charge in [-0.2, -0.15) is 5.10 Å². The van der Waals surface area contributed by atoms with Crippen LogP contribution < -0.4 is 5.32 Å². The first-order valence-corrected chi connectivity index (χ1v) is 6.26. The first-order valence-electron chi connectivity index (χ1n) is 6.26. The van der Waals surface area contributed by atoms with E-state index in [0.717, 1.165) is 31.0 Å². The normalized spacial score (nSPS) is 23.9. The molecule has 5 heteroatoms. The second-order valence-electron chi connectivity index (χ2n) is 4.89. The van der Waals surface area contributed by atoms with E-state index in [-0.39, 0.29) is 12.0 Å². The highest BCUT2D eigenvalue weighted by atomic mass is 16.5. The molecule has 5 nitrogen and oxygen atoms in total. The zero-order valence-corrected chi connectivity index (χ0v) is 9.76. The lowest BCUT2D eigenvalue weighted by molar-refractivity contribution is -0.124. The van der Waals surface area contributed by atoms with Crippen molar-refractivity contribution in [3.63, 3.8) is 0 Å². The van der Waals surface area contributed by atoms with E-state index in [1.807, 2.05) is 10.9 Å². The minimum Gasteiger partial charge on any atom is -0.368 e. The average molecular weight is 235 g/mol. The molecule has 3 rings (SSSR count). The average Bonchev–Trinajstić information content (AvgIpc) is 2.83. The Kier molecular flexibility index (Phi) is 2.84. The van der Waals surface area contributed by atoms with Crippen molar-refractivity contribution >= 4 is 11.6 Å². The van der Waals surface area contributed by atoms with Crippen LogP contribution in [0.3, 0.4) is 0 Å². The maximum Gasteiger partial charge on any atom is 0.253 e. The van der Waals surface area contributed by atoms with Crippen LogP contribution in [0.2, 0.25) is 0 Å². The third kappa shape index (κ3) is 2.66. The van der Waals surface area contributed by atoms with Crippen molar-refractivity contribution < 1.29 is 9.53 Å². The van der Waals surface area contributed by atoms with Crippen molar-refractivity contribution in [2.45, 2.75) is 38.3 Å². The zero-order valence-electron chi connectivity index (χ0n) is 9.76. The van der Waals surface area contributed by atoms with Crippen LogP contribution in [0.25, 0.3) is 0 Å². The van der Waals surface area contributed by atoms with Crippen LogP contribution in [0.1, 0.15) is 25.7 Å². The van der Waals surface area contributed by atoms with Crippen LogP contribution in [0.15, 0.2) is 12.4 Å². The first kappa shape index (κ1) is 10.8. The molecule has 1 aromatic heterocycles. The molecule has 0 radical (unpaired) electrons. The van der Waals surface area contributed by atoms with Crippen molar-refractivity contribution in [3.05, 3.63) is 12.4 Å². The van der Waals surface area contributed by atoms with Crippen LogP contribution in [0.5, 0.6) is 0 Å². The molecule has 1 aliphatic carbocycles. The molecule has 1 amide bonds. The first-order chi connectivity index (χ1) is 8.31. The molecule has 1 saturated heterocycles. The van der Waals surface area contributed by atoms with Crippen LogP contribution in [-0.2, 0) is 16.1 Å². The van der Waals surface area contributed by atoms with Crippen LogP contribution in [0, 0.1) is 5.92 Å². The molecule has 17 heavy (non-hydrogen) atoms. The van der Waals surface area contributed by atoms with E-state index in [0.29, 0.717) is 6.61 Å². The summed E-state index contributed by atoms with van der Waals surface area (Å²) in [5.41, 5.74) is 0.770. The van der Waals surface area contributed by atoms with Crippen LogP contribution >= 0.6 is 0 Å². The fourth-order valence-corrected chi connectivity index (χ4v) is 2.10. The number of nitrogens with zero attached hydrogens (tertiary/aromatic N) is 2. The van der Waals surface area contributed by atoms with Gasteiger partial charge in [0.15, 0.2) is 0 Å². The van der Waals surface area contributed by atoms with Gasteiger partial charge in [0, 0.05) is 19.3 Å². The highest BCUT2D eigenvalue weighted by Gasteiger charge is 2.24. The minimum absolute atomic E-state index is 0.0477. The summed E-state index contributed by atoms with van der Waals surface area (Å²) in [5, 5.41) is 7.09. The third-order valence-corrected chi connectivity index (χ3v) is 3.27. The Bertz CT molecular complexity index is 406.